The van der Waals surface area contributed by atoms with E-state index >= 15 is 0 Å². The summed E-state index contributed by atoms with van der Waals surface area (Å²) in [5.74, 6) is 0. The van der Waals surface area contributed by atoms with Gasteiger partial charge in [-0.1, -0.05) is 62.3 Å². The standard InChI is InChI=1S/C24H39BN6/c1-22(2,3)16-19-10-13-29(26-19)25(30-14-11-20(27-30)17-23(4,5)6)31-15-12-21(28-31)18-24(7,8)9/h10-15H,16-18H2,1-9H3/q-1. The van der Waals surface area contributed by atoms with Crippen molar-refractivity contribution in [3.8, 4) is 0 Å². The largest absolute Gasteiger partial charge is 0.425 e. The van der Waals surface area contributed by atoms with Crippen molar-refractivity contribution in [2.75, 3.05) is 0 Å². The highest BCUT2D eigenvalue weighted by Gasteiger charge is 2.19. The Bertz CT molecular complexity index is 861. The van der Waals surface area contributed by atoms with Crippen molar-refractivity contribution >= 4 is 7.12 Å². The van der Waals surface area contributed by atoms with Crippen molar-refractivity contribution in [3.63, 3.8) is 0 Å². The van der Waals surface area contributed by atoms with Crippen LogP contribution in [0.5, 0.6) is 0 Å². The zero-order valence-corrected chi connectivity index (χ0v) is 20.8. The molecule has 0 unspecified atom stereocenters. The fourth-order valence-electron chi connectivity index (χ4n) is 3.79. The summed E-state index contributed by atoms with van der Waals surface area (Å²) in [6.45, 7) is 20.1. The minimum absolute atomic E-state index is 0.186. The van der Waals surface area contributed by atoms with Crippen molar-refractivity contribution in [3.05, 3.63) is 53.9 Å². The third kappa shape index (κ3) is 6.84. The maximum Gasteiger partial charge on any atom is 0.260 e. The van der Waals surface area contributed by atoms with E-state index in [0.29, 0.717) is 0 Å². The molecule has 0 aliphatic carbocycles. The topological polar surface area (TPSA) is 53.5 Å². The third-order valence-corrected chi connectivity index (χ3v) is 4.83. The smallest absolute Gasteiger partial charge is 0.260 e. The summed E-state index contributed by atoms with van der Waals surface area (Å²) in [5, 5.41) is 14.7. The fraction of sp³-hybridized carbons (Fsp3) is 0.625. The molecule has 0 aliphatic heterocycles. The Labute approximate surface area is 188 Å². The minimum atomic E-state index is -0.267. The SMILES string of the molecule is CC(C)(C)Cc1ccn([B-](n2ccc(CC(C)(C)C)n2)n2ccc(CC(C)(C)C)n2)n1. The molecule has 0 saturated carbocycles. The second kappa shape index (κ2) is 8.32. The summed E-state index contributed by atoms with van der Waals surface area (Å²) in [6, 6.07) is 6.33. The lowest BCUT2D eigenvalue weighted by Crippen LogP contribution is -2.43. The van der Waals surface area contributed by atoms with Gasteiger partial charge in [-0.15, -0.1) is 0 Å². The molecule has 0 amide bonds. The first-order chi connectivity index (χ1) is 14.2. The van der Waals surface area contributed by atoms with E-state index in [1.54, 1.807) is 0 Å². The fourth-order valence-corrected chi connectivity index (χ4v) is 3.79. The van der Waals surface area contributed by atoms with E-state index in [0.717, 1.165) is 36.3 Å². The van der Waals surface area contributed by atoms with Crippen LogP contribution in [0.25, 0.3) is 0 Å². The molecule has 0 atom stereocenters. The molecule has 3 aromatic heterocycles. The molecule has 0 aliphatic rings. The molecule has 0 fully saturated rings. The highest BCUT2D eigenvalue weighted by atomic mass is 15.4. The van der Waals surface area contributed by atoms with Crippen LogP contribution in [0.2, 0.25) is 0 Å². The predicted octanol–water partition coefficient (Wildman–Crippen LogP) is 4.97. The summed E-state index contributed by atoms with van der Waals surface area (Å²) < 4.78 is 5.93. The van der Waals surface area contributed by atoms with Crippen LogP contribution in [-0.2, 0) is 19.3 Å². The van der Waals surface area contributed by atoms with Crippen molar-refractivity contribution in [2.24, 2.45) is 16.2 Å². The van der Waals surface area contributed by atoms with E-state index in [1.165, 1.54) is 0 Å². The maximum absolute atomic E-state index is 4.91. The highest BCUT2D eigenvalue weighted by molar-refractivity contribution is 6.52. The quantitative estimate of drug-likeness (QED) is 0.527. The van der Waals surface area contributed by atoms with Gasteiger partial charge in [0.05, 0.1) is 17.1 Å². The van der Waals surface area contributed by atoms with Crippen LogP contribution in [-0.4, -0.2) is 36.2 Å². The molecule has 0 N–H and O–H groups in total. The lowest BCUT2D eigenvalue weighted by Gasteiger charge is -2.30. The average molecular weight is 422 g/mol. The van der Waals surface area contributed by atoms with Gasteiger partial charge in [-0.3, -0.25) is 0 Å². The molecule has 1 radical (unpaired) electrons. The first-order valence-electron chi connectivity index (χ1n) is 11.3. The molecule has 0 spiro atoms. The average Bonchev–Trinajstić information content (AvgIpc) is 3.27. The zero-order valence-electron chi connectivity index (χ0n) is 20.8. The number of nitrogens with zero attached hydrogens (tertiary/aromatic N) is 6. The van der Waals surface area contributed by atoms with Crippen LogP contribution in [0.15, 0.2) is 36.8 Å². The minimum Gasteiger partial charge on any atom is -0.425 e. The Morgan fingerprint density at radius 3 is 1.03 bits per heavy atom. The molecule has 3 aromatic rings. The van der Waals surface area contributed by atoms with E-state index in [9.17, 15) is 0 Å². The number of rotatable bonds is 6. The van der Waals surface area contributed by atoms with E-state index in [4.69, 9.17) is 15.3 Å². The molecular weight excluding hydrogens is 383 g/mol. The number of hydrogen-bond acceptors (Lipinski definition) is 3. The van der Waals surface area contributed by atoms with Gasteiger partial charge in [0.1, 0.15) is 0 Å². The van der Waals surface area contributed by atoms with Gasteiger partial charge in [-0.2, -0.15) is 0 Å². The van der Waals surface area contributed by atoms with Gasteiger partial charge in [0.2, 0.25) is 0 Å². The normalized spacial score (nSPS) is 13.4. The van der Waals surface area contributed by atoms with Crippen LogP contribution in [0.1, 0.15) is 79.4 Å². The Balaban J connectivity index is 1.97. The van der Waals surface area contributed by atoms with Crippen LogP contribution in [0, 0.1) is 16.2 Å². The summed E-state index contributed by atoms with van der Waals surface area (Å²) in [4.78, 5) is 0. The Kier molecular flexibility index (Phi) is 6.27. The lowest BCUT2D eigenvalue weighted by molar-refractivity contribution is 0.405. The van der Waals surface area contributed by atoms with E-state index in [1.807, 2.05) is 32.4 Å². The summed E-state index contributed by atoms with van der Waals surface area (Å²) in [7, 11) is -0.267. The Hall–Kier alpha value is -2.31. The van der Waals surface area contributed by atoms with Crippen molar-refractivity contribution in [2.45, 2.75) is 81.6 Å². The molecule has 3 heterocycles. The van der Waals surface area contributed by atoms with Crippen LogP contribution in [0.3, 0.4) is 0 Å². The molecule has 0 aromatic carbocycles. The van der Waals surface area contributed by atoms with Crippen molar-refractivity contribution in [1.29, 1.82) is 0 Å². The summed E-state index contributed by atoms with van der Waals surface area (Å²) >= 11 is 0. The monoisotopic (exact) mass is 422 g/mol. The van der Waals surface area contributed by atoms with Gasteiger partial charge in [0.25, 0.3) is 7.12 Å². The second-order valence-corrected chi connectivity index (χ2v) is 12.4. The predicted molar refractivity (Wildman–Crippen MR) is 128 cm³/mol. The van der Waals surface area contributed by atoms with Crippen molar-refractivity contribution < 1.29 is 0 Å². The first-order valence-corrected chi connectivity index (χ1v) is 11.3. The lowest BCUT2D eigenvalue weighted by atomic mass is 9.91. The molecule has 6 nitrogen and oxygen atoms in total. The van der Waals surface area contributed by atoms with Crippen molar-refractivity contribution in [1.82, 2.24) is 29.1 Å². The van der Waals surface area contributed by atoms with Crippen LogP contribution in [0.4, 0.5) is 0 Å². The molecule has 0 saturated heterocycles. The second-order valence-electron chi connectivity index (χ2n) is 12.4. The summed E-state index contributed by atoms with van der Waals surface area (Å²) in [5.41, 5.74) is 3.81. The Morgan fingerprint density at radius 2 is 0.806 bits per heavy atom. The molecule has 0 bridgehead atoms. The number of aromatic nitrogens is 6. The first kappa shape index (κ1) is 23.4. The van der Waals surface area contributed by atoms with Gasteiger partial charge >= 0.3 is 0 Å². The van der Waals surface area contributed by atoms with E-state index in [2.05, 4.69) is 80.5 Å². The third-order valence-electron chi connectivity index (χ3n) is 4.83. The maximum atomic E-state index is 4.91. The van der Waals surface area contributed by atoms with E-state index in [-0.39, 0.29) is 23.4 Å². The van der Waals surface area contributed by atoms with Gasteiger partial charge in [0, 0.05) is 0 Å². The van der Waals surface area contributed by atoms with Gasteiger partial charge < -0.3 is 13.8 Å². The number of hydrogen-bond donors (Lipinski definition) is 0. The molecule has 31 heavy (non-hydrogen) atoms. The van der Waals surface area contributed by atoms with Gasteiger partial charge in [-0.25, -0.2) is 15.3 Å². The molecular formula is C24H39BN6-. The van der Waals surface area contributed by atoms with Gasteiger partial charge in [0.15, 0.2) is 0 Å². The van der Waals surface area contributed by atoms with Crippen LogP contribution >= 0.6 is 0 Å². The van der Waals surface area contributed by atoms with Crippen LogP contribution < -0.4 is 0 Å². The molecule has 3 rings (SSSR count). The zero-order chi connectivity index (χ0) is 23.0. The molecule has 169 valence electrons. The highest BCUT2D eigenvalue weighted by Crippen LogP contribution is 2.22. The Morgan fingerprint density at radius 1 is 0.548 bits per heavy atom. The van der Waals surface area contributed by atoms with Gasteiger partial charge in [-0.05, 0) is 72.3 Å². The molecule has 7 heteroatoms. The van der Waals surface area contributed by atoms with E-state index < -0.39 is 0 Å². The summed E-state index contributed by atoms with van der Waals surface area (Å²) in [6.07, 6.45) is 8.91.